The first-order valence-corrected chi connectivity index (χ1v) is 18.7. The zero-order chi connectivity index (χ0) is 34.9. The molecule has 11 aromatic rings. The minimum atomic E-state index is 0.979. The lowest BCUT2D eigenvalue weighted by molar-refractivity contribution is -0.594. The number of aromatic nitrogens is 3. The summed E-state index contributed by atoms with van der Waals surface area (Å²) in [6.07, 6.45) is 4.38. The molecule has 0 bridgehead atoms. The van der Waals surface area contributed by atoms with E-state index in [9.17, 15) is 0 Å². The Morgan fingerprint density at radius 1 is 0.434 bits per heavy atom. The average Bonchev–Trinajstić information content (AvgIpc) is 3.62. The van der Waals surface area contributed by atoms with E-state index in [1.165, 1.54) is 52.8 Å². The van der Waals surface area contributed by atoms with Gasteiger partial charge in [0.05, 0.1) is 27.8 Å². The third-order valence-corrected chi connectivity index (χ3v) is 11.6. The van der Waals surface area contributed by atoms with E-state index in [4.69, 9.17) is 9.97 Å². The molecule has 3 nitrogen and oxygen atoms in total. The van der Waals surface area contributed by atoms with Gasteiger partial charge in [-0.05, 0) is 46.8 Å². The lowest BCUT2D eigenvalue weighted by atomic mass is 9.95. The minimum absolute atomic E-state index is 0.979. The molecule has 0 aliphatic rings. The molecule has 7 aromatic carbocycles. The second-order valence-corrected chi connectivity index (χ2v) is 14.7. The molecule has 0 N–H and O–H groups in total. The van der Waals surface area contributed by atoms with Crippen molar-refractivity contribution in [1.82, 2.24) is 9.97 Å². The zero-order valence-corrected chi connectivity index (χ0v) is 29.4. The molecule has 4 heterocycles. The van der Waals surface area contributed by atoms with Crippen molar-refractivity contribution in [1.29, 1.82) is 0 Å². The van der Waals surface area contributed by atoms with Gasteiger partial charge in [0.25, 0.3) is 0 Å². The Kier molecular flexibility index (Phi) is 6.73. The molecular weight excluding hydrogens is 663 g/mol. The molecule has 11 rings (SSSR count). The van der Waals surface area contributed by atoms with Crippen molar-refractivity contribution < 1.29 is 4.57 Å². The fourth-order valence-corrected chi connectivity index (χ4v) is 9.03. The highest BCUT2D eigenvalue weighted by atomic mass is 32.1. The summed E-state index contributed by atoms with van der Waals surface area (Å²) in [4.78, 5) is 10.4. The van der Waals surface area contributed by atoms with Gasteiger partial charge in [0.1, 0.15) is 0 Å². The highest BCUT2D eigenvalue weighted by Gasteiger charge is 2.18. The van der Waals surface area contributed by atoms with Crippen LogP contribution < -0.4 is 4.57 Å². The number of hydrogen-bond donors (Lipinski definition) is 0. The predicted molar refractivity (Wildman–Crippen MR) is 223 cm³/mol. The summed E-state index contributed by atoms with van der Waals surface area (Å²) in [5.41, 5.74) is 9.75. The quantitative estimate of drug-likeness (QED) is 0.136. The van der Waals surface area contributed by atoms with Crippen LogP contribution in [0.5, 0.6) is 0 Å². The van der Waals surface area contributed by atoms with Gasteiger partial charge >= 0.3 is 0 Å². The number of rotatable bonds is 4. The molecule has 53 heavy (non-hydrogen) atoms. The first kappa shape index (κ1) is 29.9. The fourth-order valence-electron chi connectivity index (χ4n) is 7.93. The van der Waals surface area contributed by atoms with Crippen molar-refractivity contribution in [3.63, 3.8) is 0 Å². The van der Waals surface area contributed by atoms with E-state index in [-0.39, 0.29) is 0 Å². The van der Waals surface area contributed by atoms with Crippen molar-refractivity contribution >= 4 is 74.9 Å². The maximum atomic E-state index is 5.20. The van der Waals surface area contributed by atoms with Crippen LogP contribution in [0.25, 0.3) is 103 Å². The van der Waals surface area contributed by atoms with Gasteiger partial charge in [0.2, 0.25) is 5.69 Å². The fraction of sp³-hybridized carbons (Fsp3) is 0. The molecule has 0 saturated heterocycles. The Hall–Kier alpha value is -6.75. The first-order chi connectivity index (χ1) is 26.2. The Morgan fingerprint density at radius 2 is 1.17 bits per heavy atom. The van der Waals surface area contributed by atoms with E-state index in [1.807, 2.05) is 17.4 Å². The smallest absolute Gasteiger partial charge is 0.211 e. The molecule has 0 radical (unpaired) electrons. The van der Waals surface area contributed by atoms with E-state index in [2.05, 4.69) is 181 Å². The summed E-state index contributed by atoms with van der Waals surface area (Å²) in [5, 5.41) is 9.64. The first-order valence-electron chi connectivity index (χ1n) is 17.9. The van der Waals surface area contributed by atoms with Crippen LogP contribution in [0.1, 0.15) is 0 Å². The molecule has 0 saturated carbocycles. The summed E-state index contributed by atoms with van der Waals surface area (Å²) in [6, 6.07) is 60.7. The maximum absolute atomic E-state index is 5.20. The number of nitrogens with zero attached hydrogens (tertiary/aromatic N) is 3. The summed E-state index contributed by atoms with van der Waals surface area (Å²) in [5.74, 6) is 0. The Bertz CT molecular complexity index is 3220. The molecule has 4 aromatic heterocycles. The number of hydrogen-bond acceptors (Lipinski definition) is 3. The van der Waals surface area contributed by atoms with E-state index in [0.29, 0.717) is 0 Å². The van der Waals surface area contributed by atoms with Gasteiger partial charge in [-0.25, -0.2) is 9.97 Å². The Morgan fingerprint density at radius 3 is 2.06 bits per heavy atom. The van der Waals surface area contributed by atoms with Crippen molar-refractivity contribution in [2.75, 3.05) is 0 Å². The van der Waals surface area contributed by atoms with Gasteiger partial charge in [0.15, 0.2) is 12.4 Å². The highest BCUT2D eigenvalue weighted by Crippen LogP contribution is 2.44. The molecule has 0 atom stereocenters. The monoisotopic (exact) mass is 692 g/mol. The Labute approximate surface area is 309 Å². The van der Waals surface area contributed by atoms with Crippen LogP contribution in [0, 0.1) is 0 Å². The van der Waals surface area contributed by atoms with Gasteiger partial charge < -0.3 is 0 Å². The minimum Gasteiger partial charge on any atom is -0.247 e. The van der Waals surface area contributed by atoms with Crippen LogP contribution >= 0.6 is 11.3 Å². The van der Waals surface area contributed by atoms with E-state index in [0.717, 1.165) is 50.0 Å². The molecule has 0 fully saturated rings. The van der Waals surface area contributed by atoms with Crippen LogP contribution in [-0.4, -0.2) is 9.97 Å². The maximum Gasteiger partial charge on any atom is 0.211 e. The van der Waals surface area contributed by atoms with Gasteiger partial charge in [-0.15, -0.1) is 11.3 Å². The normalized spacial score (nSPS) is 11.8. The van der Waals surface area contributed by atoms with Gasteiger partial charge in [-0.3, -0.25) is 0 Å². The van der Waals surface area contributed by atoms with E-state index in [1.54, 1.807) is 0 Å². The Balaban J connectivity index is 1.07. The van der Waals surface area contributed by atoms with Crippen LogP contribution in [0.15, 0.2) is 182 Å². The molecule has 0 aliphatic carbocycles. The second kappa shape index (κ2) is 11.9. The summed E-state index contributed by atoms with van der Waals surface area (Å²) >= 11 is 1.86. The van der Waals surface area contributed by atoms with E-state index < -0.39 is 0 Å². The van der Waals surface area contributed by atoms with Gasteiger partial charge in [0, 0.05) is 71.0 Å². The van der Waals surface area contributed by atoms with Crippen LogP contribution in [0.3, 0.4) is 0 Å². The van der Waals surface area contributed by atoms with Crippen molar-refractivity contribution in [3.05, 3.63) is 182 Å². The van der Waals surface area contributed by atoms with Crippen molar-refractivity contribution in [2.45, 2.75) is 0 Å². The van der Waals surface area contributed by atoms with Crippen LogP contribution in [-0.2, 0) is 0 Å². The summed E-state index contributed by atoms with van der Waals surface area (Å²) < 4.78 is 4.79. The van der Waals surface area contributed by atoms with Crippen LogP contribution in [0.4, 0.5) is 0 Å². The summed E-state index contributed by atoms with van der Waals surface area (Å²) in [7, 11) is 0. The lowest BCUT2D eigenvalue weighted by Gasteiger charge is -2.12. The standard InChI is InChI=1S/C49H30N3S/c1-3-10-32(11-4-1)42-23-20-34-19-18-31-26-27-52(30-41(31)49(34)50-42)37-15-9-14-35(28-37)36-21-24-44-40(29-36)47-45(53-44)25-22-39-46(47)38-16-7-8-17-43(38)51-48(39)33-12-5-2-6-13-33/h1-30H/q+1. The third kappa shape index (κ3) is 4.91. The van der Waals surface area contributed by atoms with Gasteiger partial charge in [-0.1, -0.05) is 121 Å². The number of fused-ring (bicyclic) bond motifs is 10. The predicted octanol–water partition coefficient (Wildman–Crippen LogP) is 12.7. The third-order valence-electron chi connectivity index (χ3n) is 10.5. The topological polar surface area (TPSA) is 29.7 Å². The molecule has 0 amide bonds. The molecule has 246 valence electrons. The SMILES string of the molecule is c1ccc(-c2ccc3ccc4cc[n+](-c5cccc(-c6ccc7sc8ccc9c(-c%10ccccc%10)nc%10ccccc%10c9c8c7c6)c5)cc4c3n2)cc1. The van der Waals surface area contributed by atoms with E-state index >= 15 is 0 Å². The van der Waals surface area contributed by atoms with Crippen LogP contribution in [0.2, 0.25) is 0 Å². The zero-order valence-electron chi connectivity index (χ0n) is 28.6. The number of thiophene rings is 1. The highest BCUT2D eigenvalue weighted by molar-refractivity contribution is 7.26. The second-order valence-electron chi connectivity index (χ2n) is 13.6. The molecule has 0 spiro atoms. The molecule has 0 aliphatic heterocycles. The molecule has 4 heteroatoms. The largest absolute Gasteiger partial charge is 0.247 e. The molecule has 0 unspecified atom stereocenters. The van der Waals surface area contributed by atoms with Crippen molar-refractivity contribution in [3.8, 4) is 39.3 Å². The number of benzene rings is 7. The summed E-state index contributed by atoms with van der Waals surface area (Å²) in [6.45, 7) is 0. The number of para-hydroxylation sites is 1. The lowest BCUT2D eigenvalue weighted by Crippen LogP contribution is -2.29. The number of pyridine rings is 3. The van der Waals surface area contributed by atoms with Gasteiger partial charge in [-0.2, -0.15) is 4.57 Å². The average molecular weight is 693 g/mol. The van der Waals surface area contributed by atoms with Crippen molar-refractivity contribution in [2.24, 2.45) is 0 Å². The molecular formula is C49H30N3S+.